The number of ether oxygens (including phenoxy) is 2. The Morgan fingerprint density at radius 2 is 1.17 bits per heavy atom. The van der Waals surface area contributed by atoms with Gasteiger partial charge in [0.2, 0.25) is 0 Å². The summed E-state index contributed by atoms with van der Waals surface area (Å²) in [6, 6.07) is 3.07. The molecule has 0 atom stereocenters. The van der Waals surface area contributed by atoms with E-state index >= 15 is 0 Å². The van der Waals surface area contributed by atoms with E-state index in [1.165, 1.54) is 12.1 Å². The molecule has 0 saturated heterocycles. The molecule has 0 aliphatic heterocycles. The van der Waals surface area contributed by atoms with E-state index in [2.05, 4.69) is 0 Å². The maximum Gasteiger partial charge on any atom is 0.153 e. The Bertz CT molecular complexity index is 394. The summed E-state index contributed by atoms with van der Waals surface area (Å²) in [6.45, 7) is 7.42. The Labute approximate surface area is 107 Å². The molecule has 0 heterocycles. The smallest absolute Gasteiger partial charge is 0.153 e. The van der Waals surface area contributed by atoms with Crippen LogP contribution in [0.5, 0.6) is 11.5 Å². The monoisotopic (exact) mass is 250 g/mol. The van der Waals surface area contributed by atoms with Gasteiger partial charge in [0.15, 0.2) is 12.6 Å². The number of rotatable bonds is 6. The molecule has 0 bridgehead atoms. The van der Waals surface area contributed by atoms with Crippen molar-refractivity contribution in [3.8, 4) is 11.5 Å². The van der Waals surface area contributed by atoms with Gasteiger partial charge in [-0.05, 0) is 39.8 Å². The normalized spacial score (nSPS) is 10.6. The first-order valence-corrected chi connectivity index (χ1v) is 5.89. The number of aldehydes is 2. The molecule has 0 fully saturated rings. The van der Waals surface area contributed by atoms with Gasteiger partial charge in [-0.2, -0.15) is 0 Å². The fourth-order valence-corrected chi connectivity index (χ4v) is 1.49. The van der Waals surface area contributed by atoms with Crippen LogP contribution >= 0.6 is 0 Å². The van der Waals surface area contributed by atoms with Crippen LogP contribution in [-0.4, -0.2) is 24.8 Å². The average Bonchev–Trinajstić information content (AvgIpc) is 2.29. The van der Waals surface area contributed by atoms with E-state index in [1.54, 1.807) is 0 Å². The second-order valence-corrected chi connectivity index (χ2v) is 4.50. The lowest BCUT2D eigenvalue weighted by molar-refractivity contribution is 0.110. The minimum absolute atomic E-state index is 0.0694. The number of benzene rings is 1. The molecule has 0 amide bonds. The summed E-state index contributed by atoms with van der Waals surface area (Å²) in [6.07, 6.45) is 1.25. The number of carbonyl (C=O) groups excluding carboxylic acids is 2. The summed E-state index contributed by atoms with van der Waals surface area (Å²) in [4.78, 5) is 22.0. The lowest BCUT2D eigenvalue weighted by Gasteiger charge is -2.16. The van der Waals surface area contributed by atoms with Crippen molar-refractivity contribution in [3.63, 3.8) is 0 Å². The summed E-state index contributed by atoms with van der Waals surface area (Å²) in [5, 5.41) is 0. The standard InChI is InChI=1S/C14H18O4/c1-9(2)17-13-5-12(8-16)14(18-10(3)4)6-11(13)7-15/h5-10H,1-4H3. The fourth-order valence-electron chi connectivity index (χ4n) is 1.49. The van der Waals surface area contributed by atoms with Gasteiger partial charge in [-0.25, -0.2) is 0 Å². The van der Waals surface area contributed by atoms with Crippen LogP contribution in [0.15, 0.2) is 12.1 Å². The largest absolute Gasteiger partial charge is 0.490 e. The topological polar surface area (TPSA) is 52.6 Å². The molecule has 1 aromatic carbocycles. The van der Waals surface area contributed by atoms with Gasteiger partial charge >= 0.3 is 0 Å². The average molecular weight is 250 g/mol. The zero-order valence-corrected chi connectivity index (χ0v) is 11.1. The summed E-state index contributed by atoms with van der Waals surface area (Å²) in [5.74, 6) is 0.802. The van der Waals surface area contributed by atoms with Crippen LogP contribution < -0.4 is 9.47 Å². The molecule has 0 N–H and O–H groups in total. The predicted molar refractivity (Wildman–Crippen MR) is 68.7 cm³/mol. The first kappa shape index (κ1) is 14.2. The third-order valence-electron chi connectivity index (χ3n) is 2.12. The summed E-state index contributed by atoms with van der Waals surface area (Å²) < 4.78 is 11.0. The molecule has 0 radical (unpaired) electrons. The zero-order valence-electron chi connectivity index (χ0n) is 11.1. The van der Waals surface area contributed by atoms with Gasteiger partial charge in [-0.15, -0.1) is 0 Å². The van der Waals surface area contributed by atoms with Gasteiger partial charge in [0, 0.05) is 0 Å². The van der Waals surface area contributed by atoms with Crippen molar-refractivity contribution in [3.05, 3.63) is 23.3 Å². The van der Waals surface area contributed by atoms with Crippen molar-refractivity contribution in [2.24, 2.45) is 0 Å². The summed E-state index contributed by atoms with van der Waals surface area (Å²) >= 11 is 0. The molecular formula is C14H18O4. The third-order valence-corrected chi connectivity index (χ3v) is 2.12. The maximum absolute atomic E-state index is 11.0. The number of carbonyl (C=O) groups is 2. The van der Waals surface area contributed by atoms with Crippen molar-refractivity contribution < 1.29 is 19.1 Å². The molecule has 98 valence electrons. The lowest BCUT2D eigenvalue weighted by atomic mass is 10.1. The van der Waals surface area contributed by atoms with Crippen molar-refractivity contribution in [2.75, 3.05) is 0 Å². The molecule has 18 heavy (non-hydrogen) atoms. The molecule has 0 aromatic heterocycles. The van der Waals surface area contributed by atoms with Crippen LogP contribution in [0.4, 0.5) is 0 Å². The molecule has 4 heteroatoms. The zero-order chi connectivity index (χ0) is 13.7. The van der Waals surface area contributed by atoms with E-state index in [-0.39, 0.29) is 12.2 Å². The van der Waals surface area contributed by atoms with E-state index in [4.69, 9.17) is 9.47 Å². The van der Waals surface area contributed by atoms with Crippen LogP contribution in [0.25, 0.3) is 0 Å². The third kappa shape index (κ3) is 3.58. The van der Waals surface area contributed by atoms with Gasteiger partial charge in [0.1, 0.15) is 11.5 Å². The maximum atomic E-state index is 11.0. The van der Waals surface area contributed by atoms with Gasteiger partial charge in [0.25, 0.3) is 0 Å². The van der Waals surface area contributed by atoms with Crippen molar-refractivity contribution in [1.29, 1.82) is 0 Å². The molecular weight excluding hydrogens is 232 g/mol. The quantitative estimate of drug-likeness (QED) is 0.728. The second kappa shape index (κ2) is 6.19. The highest BCUT2D eigenvalue weighted by atomic mass is 16.5. The van der Waals surface area contributed by atoms with E-state index in [9.17, 15) is 9.59 Å². The van der Waals surface area contributed by atoms with Crippen molar-refractivity contribution in [1.82, 2.24) is 0 Å². The first-order valence-electron chi connectivity index (χ1n) is 5.89. The summed E-state index contributed by atoms with van der Waals surface area (Å²) in [5.41, 5.74) is 0.759. The Balaban J connectivity index is 3.22. The van der Waals surface area contributed by atoms with E-state index in [0.717, 1.165) is 0 Å². The highest BCUT2D eigenvalue weighted by Gasteiger charge is 2.13. The lowest BCUT2D eigenvalue weighted by Crippen LogP contribution is -2.11. The Hall–Kier alpha value is -1.84. The van der Waals surface area contributed by atoms with Crippen LogP contribution in [-0.2, 0) is 0 Å². The second-order valence-electron chi connectivity index (χ2n) is 4.50. The van der Waals surface area contributed by atoms with Gasteiger partial charge in [-0.1, -0.05) is 0 Å². The predicted octanol–water partition coefficient (Wildman–Crippen LogP) is 2.89. The molecule has 0 aliphatic rings. The Morgan fingerprint density at radius 1 is 0.833 bits per heavy atom. The van der Waals surface area contributed by atoms with Crippen molar-refractivity contribution in [2.45, 2.75) is 39.9 Å². The van der Waals surface area contributed by atoms with Crippen LogP contribution in [0.1, 0.15) is 48.4 Å². The Morgan fingerprint density at radius 3 is 1.39 bits per heavy atom. The van der Waals surface area contributed by atoms with Crippen molar-refractivity contribution >= 4 is 12.6 Å². The Kier molecular flexibility index (Phi) is 4.89. The van der Waals surface area contributed by atoms with Crippen LogP contribution in [0.3, 0.4) is 0 Å². The molecule has 0 saturated carbocycles. The number of hydrogen-bond acceptors (Lipinski definition) is 4. The molecule has 0 unspecified atom stereocenters. The van der Waals surface area contributed by atoms with Gasteiger partial charge in [0.05, 0.1) is 23.3 Å². The molecule has 4 nitrogen and oxygen atoms in total. The molecule has 0 aliphatic carbocycles. The molecule has 1 aromatic rings. The highest BCUT2D eigenvalue weighted by Crippen LogP contribution is 2.28. The van der Waals surface area contributed by atoms with Gasteiger partial charge in [-0.3, -0.25) is 9.59 Å². The fraction of sp³-hybridized carbons (Fsp3) is 0.429. The van der Waals surface area contributed by atoms with E-state index in [0.29, 0.717) is 35.2 Å². The van der Waals surface area contributed by atoms with Crippen LogP contribution in [0.2, 0.25) is 0 Å². The SMILES string of the molecule is CC(C)Oc1cc(C=O)c(OC(C)C)cc1C=O. The highest BCUT2D eigenvalue weighted by molar-refractivity contribution is 5.87. The summed E-state index contributed by atoms with van der Waals surface area (Å²) in [7, 11) is 0. The van der Waals surface area contributed by atoms with Gasteiger partial charge < -0.3 is 9.47 Å². The number of hydrogen-bond donors (Lipinski definition) is 0. The minimum atomic E-state index is -0.0694. The van der Waals surface area contributed by atoms with Crippen LogP contribution in [0, 0.1) is 0 Å². The minimum Gasteiger partial charge on any atom is -0.490 e. The first-order chi connectivity index (χ1) is 8.47. The molecule has 0 spiro atoms. The van der Waals surface area contributed by atoms with E-state index < -0.39 is 0 Å². The van der Waals surface area contributed by atoms with E-state index in [1.807, 2.05) is 27.7 Å². The molecule has 1 rings (SSSR count).